The summed E-state index contributed by atoms with van der Waals surface area (Å²) in [6.45, 7) is 0.328. The zero-order valence-corrected chi connectivity index (χ0v) is 9.67. The lowest BCUT2D eigenvalue weighted by Gasteiger charge is -2.06. The van der Waals surface area contributed by atoms with Crippen molar-refractivity contribution < 1.29 is 9.53 Å². The van der Waals surface area contributed by atoms with E-state index in [1.807, 2.05) is 12.1 Å². The van der Waals surface area contributed by atoms with Gasteiger partial charge in [0.25, 0.3) is 0 Å². The average Bonchev–Trinajstić information content (AvgIpc) is 2.26. The first kappa shape index (κ1) is 11.5. The number of nitrogens with zero attached hydrogens (tertiary/aromatic N) is 1. The van der Waals surface area contributed by atoms with E-state index in [0.29, 0.717) is 6.54 Å². The molecule has 0 fully saturated rings. The number of benzene rings is 1. The maximum Gasteiger partial charge on any atom is 0.322 e. The second kappa shape index (κ2) is 5.37. The summed E-state index contributed by atoms with van der Waals surface area (Å²) in [4.78, 5) is 10.7. The molecule has 0 aliphatic rings. The highest BCUT2D eigenvalue weighted by Gasteiger charge is 2.02. The van der Waals surface area contributed by atoms with Gasteiger partial charge in [-0.1, -0.05) is 6.07 Å². The van der Waals surface area contributed by atoms with Crippen molar-refractivity contribution in [3.8, 4) is 11.8 Å². The highest BCUT2D eigenvalue weighted by Crippen LogP contribution is 2.25. The Balaban J connectivity index is 2.68. The fourth-order valence-corrected chi connectivity index (χ4v) is 1.63. The second-order valence-electron chi connectivity index (χ2n) is 2.76. The Labute approximate surface area is 96.0 Å². The van der Waals surface area contributed by atoms with Gasteiger partial charge in [0.2, 0.25) is 0 Å². The zero-order valence-electron chi connectivity index (χ0n) is 8.08. The monoisotopic (exact) mass is 268 g/mol. The van der Waals surface area contributed by atoms with Crippen LogP contribution in [0.25, 0.3) is 0 Å². The van der Waals surface area contributed by atoms with Gasteiger partial charge in [0.05, 0.1) is 11.6 Å². The van der Waals surface area contributed by atoms with Crippen LogP contribution in [-0.4, -0.2) is 13.0 Å². The summed E-state index contributed by atoms with van der Waals surface area (Å²) in [5, 5.41) is 10.7. The molecule has 0 atom stereocenters. The molecule has 1 N–H and O–H groups in total. The molecule has 78 valence electrons. The summed E-state index contributed by atoms with van der Waals surface area (Å²) in [5.41, 5.74) is 0.895. The molecule has 0 saturated heterocycles. The molecule has 0 aliphatic carbocycles. The third-order valence-electron chi connectivity index (χ3n) is 1.77. The minimum atomic E-state index is -0.637. The van der Waals surface area contributed by atoms with Crippen molar-refractivity contribution in [3.63, 3.8) is 0 Å². The number of hydrogen-bond acceptors (Lipinski definition) is 3. The van der Waals surface area contributed by atoms with Crippen molar-refractivity contribution >= 4 is 21.8 Å². The molecular formula is C10H9BrN2O2. The molecule has 4 nitrogen and oxygen atoms in total. The number of amides is 1. The fourth-order valence-electron chi connectivity index (χ4n) is 1.04. The third-order valence-corrected chi connectivity index (χ3v) is 2.39. The molecule has 0 aliphatic heterocycles. The van der Waals surface area contributed by atoms with Crippen LogP contribution in [0.2, 0.25) is 0 Å². The smallest absolute Gasteiger partial charge is 0.322 e. The molecule has 0 aromatic heterocycles. The van der Waals surface area contributed by atoms with Crippen LogP contribution in [0.15, 0.2) is 22.7 Å². The maximum atomic E-state index is 10.7. The molecule has 0 unspecified atom stereocenters. The van der Waals surface area contributed by atoms with Crippen molar-refractivity contribution in [2.24, 2.45) is 0 Å². The van der Waals surface area contributed by atoms with Gasteiger partial charge >= 0.3 is 5.91 Å². The molecule has 0 spiro atoms. The first-order valence-corrected chi connectivity index (χ1v) is 4.97. The number of rotatable bonds is 3. The van der Waals surface area contributed by atoms with Gasteiger partial charge < -0.3 is 10.1 Å². The lowest BCUT2D eigenvalue weighted by Crippen LogP contribution is -2.20. The maximum absolute atomic E-state index is 10.7. The van der Waals surface area contributed by atoms with E-state index in [9.17, 15) is 4.79 Å². The van der Waals surface area contributed by atoms with Gasteiger partial charge in [0, 0.05) is 6.54 Å². The van der Waals surface area contributed by atoms with E-state index in [4.69, 9.17) is 10.00 Å². The van der Waals surface area contributed by atoms with Gasteiger partial charge in [0.15, 0.2) is 6.07 Å². The van der Waals surface area contributed by atoms with Crippen LogP contribution >= 0.6 is 15.9 Å². The summed E-state index contributed by atoms with van der Waals surface area (Å²) in [5.74, 6) is 0.0901. The van der Waals surface area contributed by atoms with Gasteiger partial charge in [0.1, 0.15) is 5.75 Å². The van der Waals surface area contributed by atoms with Gasteiger partial charge in [-0.2, -0.15) is 5.26 Å². The zero-order chi connectivity index (χ0) is 11.3. The number of carbonyl (C=O) groups excluding carboxylic acids is 1. The predicted molar refractivity (Wildman–Crippen MR) is 58.2 cm³/mol. The Morgan fingerprint density at radius 2 is 2.40 bits per heavy atom. The quantitative estimate of drug-likeness (QED) is 0.848. The standard InChI is InChI=1S/C10H9BrN2O2/c1-15-9-3-2-7(4-8(9)11)6-13-10(14)5-12/h2-4H,6H2,1H3,(H,13,14). The SMILES string of the molecule is COc1ccc(CNC(=O)C#N)cc1Br. The number of halogens is 1. The predicted octanol–water partition coefficient (Wildman–Crippen LogP) is 1.60. The molecule has 1 rings (SSSR count). The molecular weight excluding hydrogens is 260 g/mol. The second-order valence-corrected chi connectivity index (χ2v) is 3.62. The number of methoxy groups -OCH3 is 1. The lowest BCUT2D eigenvalue weighted by molar-refractivity contribution is -0.116. The minimum Gasteiger partial charge on any atom is -0.496 e. The van der Waals surface area contributed by atoms with Crippen LogP contribution in [0.5, 0.6) is 5.75 Å². The van der Waals surface area contributed by atoms with E-state index in [1.165, 1.54) is 6.07 Å². The molecule has 1 amide bonds. The van der Waals surface area contributed by atoms with Crippen molar-refractivity contribution in [2.75, 3.05) is 7.11 Å². The number of ether oxygens (including phenoxy) is 1. The van der Waals surface area contributed by atoms with Crippen LogP contribution in [0.4, 0.5) is 0 Å². The van der Waals surface area contributed by atoms with E-state index < -0.39 is 5.91 Å². The van der Waals surface area contributed by atoms with Crippen LogP contribution in [-0.2, 0) is 11.3 Å². The fraction of sp³-hybridized carbons (Fsp3) is 0.200. The van der Waals surface area contributed by atoms with E-state index in [1.54, 1.807) is 13.2 Å². The summed E-state index contributed by atoms with van der Waals surface area (Å²) in [6, 6.07) is 6.93. The lowest BCUT2D eigenvalue weighted by atomic mass is 10.2. The third kappa shape index (κ3) is 3.26. The number of carbonyl (C=O) groups is 1. The highest BCUT2D eigenvalue weighted by atomic mass is 79.9. The molecule has 0 bridgehead atoms. The van der Waals surface area contributed by atoms with Crippen LogP contribution in [0.3, 0.4) is 0 Å². The molecule has 0 radical (unpaired) electrons. The Morgan fingerprint density at radius 1 is 1.67 bits per heavy atom. The molecule has 5 heteroatoms. The highest BCUT2D eigenvalue weighted by molar-refractivity contribution is 9.10. The Hall–Kier alpha value is -1.54. The Bertz CT molecular complexity index is 412. The van der Waals surface area contributed by atoms with E-state index >= 15 is 0 Å². The molecule has 1 aromatic carbocycles. The van der Waals surface area contributed by atoms with Gasteiger partial charge in [-0.3, -0.25) is 4.79 Å². The van der Waals surface area contributed by atoms with Crippen molar-refractivity contribution in [1.82, 2.24) is 5.32 Å². The summed E-state index contributed by atoms with van der Waals surface area (Å²) < 4.78 is 5.87. The molecule has 0 saturated carbocycles. The van der Waals surface area contributed by atoms with Gasteiger partial charge in [-0.25, -0.2) is 0 Å². The first-order valence-electron chi connectivity index (χ1n) is 4.17. The van der Waals surface area contributed by atoms with Crippen molar-refractivity contribution in [2.45, 2.75) is 6.54 Å². The number of nitrogens with one attached hydrogen (secondary N) is 1. The van der Waals surface area contributed by atoms with E-state index in [0.717, 1.165) is 15.8 Å². The van der Waals surface area contributed by atoms with Gasteiger partial charge in [-0.15, -0.1) is 0 Å². The topological polar surface area (TPSA) is 62.1 Å². The Morgan fingerprint density at radius 3 is 2.93 bits per heavy atom. The molecule has 0 heterocycles. The number of hydrogen-bond donors (Lipinski definition) is 1. The van der Waals surface area contributed by atoms with Crippen LogP contribution in [0.1, 0.15) is 5.56 Å². The molecule has 15 heavy (non-hydrogen) atoms. The summed E-state index contributed by atoms with van der Waals surface area (Å²) in [7, 11) is 1.58. The van der Waals surface area contributed by atoms with Gasteiger partial charge in [-0.05, 0) is 33.6 Å². The van der Waals surface area contributed by atoms with Crippen LogP contribution in [0, 0.1) is 11.3 Å². The Kier molecular flexibility index (Phi) is 4.13. The summed E-state index contributed by atoms with van der Waals surface area (Å²) >= 11 is 3.33. The number of nitriles is 1. The molecule has 1 aromatic rings. The van der Waals surface area contributed by atoms with Crippen molar-refractivity contribution in [1.29, 1.82) is 5.26 Å². The van der Waals surface area contributed by atoms with E-state index in [2.05, 4.69) is 21.2 Å². The normalized spacial score (nSPS) is 9.13. The van der Waals surface area contributed by atoms with Crippen LogP contribution < -0.4 is 10.1 Å². The average molecular weight is 269 g/mol. The first-order chi connectivity index (χ1) is 7.17. The van der Waals surface area contributed by atoms with E-state index in [-0.39, 0.29) is 0 Å². The van der Waals surface area contributed by atoms with Crippen molar-refractivity contribution in [3.05, 3.63) is 28.2 Å². The summed E-state index contributed by atoms with van der Waals surface area (Å²) in [6.07, 6.45) is 0. The largest absolute Gasteiger partial charge is 0.496 e. The minimum absolute atomic E-state index is 0.328.